The van der Waals surface area contributed by atoms with Crippen LogP contribution in [0.4, 0.5) is 0 Å². The van der Waals surface area contributed by atoms with E-state index in [4.69, 9.17) is 0 Å². The topological polar surface area (TPSA) is 12.0 Å². The standard InChI is InChI=1S/C14H19NS/c1-2-13-9-16-14(15-13)12-7-5-11(6-8-12)10-3-4-10/h5-8,10,13-15H,2-4,9H2,1H3. The van der Waals surface area contributed by atoms with Gasteiger partial charge in [0.15, 0.2) is 0 Å². The van der Waals surface area contributed by atoms with Crippen LogP contribution in [-0.4, -0.2) is 11.8 Å². The van der Waals surface area contributed by atoms with Crippen molar-refractivity contribution >= 4 is 11.8 Å². The number of nitrogens with one attached hydrogen (secondary N) is 1. The van der Waals surface area contributed by atoms with Crippen LogP contribution in [0.5, 0.6) is 0 Å². The molecule has 2 fully saturated rings. The molecule has 16 heavy (non-hydrogen) atoms. The second-order valence-corrected chi connectivity index (χ2v) is 6.06. The lowest BCUT2D eigenvalue weighted by molar-refractivity contribution is 0.561. The van der Waals surface area contributed by atoms with Crippen LogP contribution in [0.3, 0.4) is 0 Å². The van der Waals surface area contributed by atoms with Crippen molar-refractivity contribution in [3.63, 3.8) is 0 Å². The van der Waals surface area contributed by atoms with Crippen molar-refractivity contribution in [2.75, 3.05) is 5.75 Å². The van der Waals surface area contributed by atoms with Crippen LogP contribution in [0.1, 0.15) is 48.6 Å². The summed E-state index contributed by atoms with van der Waals surface area (Å²) in [6.07, 6.45) is 4.03. The Hall–Kier alpha value is -0.470. The predicted molar refractivity (Wildman–Crippen MR) is 70.8 cm³/mol. The number of benzene rings is 1. The highest BCUT2D eigenvalue weighted by Crippen LogP contribution is 2.41. The van der Waals surface area contributed by atoms with Gasteiger partial charge in [-0.1, -0.05) is 31.2 Å². The van der Waals surface area contributed by atoms with Gasteiger partial charge in [0.2, 0.25) is 0 Å². The minimum atomic E-state index is 0.526. The molecule has 1 N–H and O–H groups in total. The van der Waals surface area contributed by atoms with Gasteiger partial charge >= 0.3 is 0 Å². The fraction of sp³-hybridized carbons (Fsp3) is 0.571. The van der Waals surface area contributed by atoms with E-state index in [1.807, 2.05) is 11.8 Å². The Balaban J connectivity index is 1.69. The van der Waals surface area contributed by atoms with E-state index in [0.29, 0.717) is 11.4 Å². The van der Waals surface area contributed by atoms with Gasteiger partial charge in [-0.15, -0.1) is 11.8 Å². The Morgan fingerprint density at radius 1 is 1.19 bits per heavy atom. The van der Waals surface area contributed by atoms with Gasteiger partial charge in [-0.3, -0.25) is 5.32 Å². The van der Waals surface area contributed by atoms with E-state index in [1.165, 1.54) is 30.6 Å². The zero-order valence-electron chi connectivity index (χ0n) is 9.78. The van der Waals surface area contributed by atoms with Gasteiger partial charge in [0, 0.05) is 11.8 Å². The monoisotopic (exact) mass is 233 g/mol. The molecule has 2 heteroatoms. The smallest absolute Gasteiger partial charge is 0.0792 e. The number of rotatable bonds is 3. The zero-order valence-corrected chi connectivity index (χ0v) is 10.6. The van der Waals surface area contributed by atoms with Crippen molar-refractivity contribution in [1.82, 2.24) is 5.32 Å². The molecule has 0 bridgehead atoms. The van der Waals surface area contributed by atoms with Gasteiger partial charge in [0.1, 0.15) is 0 Å². The highest BCUT2D eigenvalue weighted by molar-refractivity contribution is 7.99. The van der Waals surface area contributed by atoms with E-state index in [0.717, 1.165) is 5.92 Å². The fourth-order valence-corrected chi connectivity index (χ4v) is 3.71. The van der Waals surface area contributed by atoms with E-state index in [-0.39, 0.29) is 0 Å². The molecule has 1 saturated heterocycles. The molecule has 0 spiro atoms. The van der Waals surface area contributed by atoms with Crippen molar-refractivity contribution in [2.24, 2.45) is 0 Å². The average molecular weight is 233 g/mol. The first-order valence-corrected chi connectivity index (χ1v) is 7.39. The van der Waals surface area contributed by atoms with Crippen LogP contribution in [0.15, 0.2) is 24.3 Å². The van der Waals surface area contributed by atoms with Gasteiger partial charge in [-0.05, 0) is 36.3 Å². The average Bonchev–Trinajstić information content (AvgIpc) is 3.07. The molecule has 1 aliphatic carbocycles. The van der Waals surface area contributed by atoms with Gasteiger partial charge in [-0.25, -0.2) is 0 Å². The van der Waals surface area contributed by atoms with Gasteiger partial charge < -0.3 is 0 Å². The van der Waals surface area contributed by atoms with Crippen LogP contribution < -0.4 is 5.32 Å². The first-order chi connectivity index (χ1) is 7.86. The molecule has 3 rings (SSSR count). The Labute approximate surface area is 102 Å². The number of hydrogen-bond donors (Lipinski definition) is 1. The van der Waals surface area contributed by atoms with Crippen molar-refractivity contribution in [2.45, 2.75) is 43.5 Å². The Morgan fingerprint density at radius 3 is 2.44 bits per heavy atom. The molecule has 1 aromatic carbocycles. The first-order valence-electron chi connectivity index (χ1n) is 6.34. The highest BCUT2D eigenvalue weighted by Gasteiger charge is 2.26. The minimum absolute atomic E-state index is 0.526. The summed E-state index contributed by atoms with van der Waals surface area (Å²) in [7, 11) is 0. The predicted octanol–water partition coefficient (Wildman–Crippen LogP) is 3.68. The SMILES string of the molecule is CCC1CSC(c2ccc(C3CC3)cc2)N1. The maximum absolute atomic E-state index is 3.68. The van der Waals surface area contributed by atoms with Crippen molar-refractivity contribution in [1.29, 1.82) is 0 Å². The highest BCUT2D eigenvalue weighted by atomic mass is 32.2. The molecule has 1 aromatic rings. The van der Waals surface area contributed by atoms with E-state index >= 15 is 0 Å². The molecule has 0 amide bonds. The summed E-state index contributed by atoms with van der Waals surface area (Å²) in [5.74, 6) is 2.13. The Morgan fingerprint density at radius 2 is 1.88 bits per heavy atom. The molecule has 2 aliphatic rings. The van der Waals surface area contributed by atoms with Gasteiger partial charge in [0.25, 0.3) is 0 Å². The molecule has 1 nitrogen and oxygen atoms in total. The summed E-state index contributed by atoms with van der Waals surface area (Å²) in [4.78, 5) is 0. The number of hydrogen-bond acceptors (Lipinski definition) is 2. The molecular weight excluding hydrogens is 214 g/mol. The number of thioether (sulfide) groups is 1. The van der Waals surface area contributed by atoms with Crippen molar-refractivity contribution in [3.8, 4) is 0 Å². The summed E-state index contributed by atoms with van der Waals surface area (Å²) in [5.41, 5.74) is 2.99. The first kappa shape index (κ1) is 10.7. The maximum atomic E-state index is 3.68. The molecule has 0 aromatic heterocycles. The largest absolute Gasteiger partial charge is 0.298 e. The molecule has 2 atom stereocenters. The van der Waals surface area contributed by atoms with E-state index < -0.39 is 0 Å². The third-order valence-corrected chi connectivity index (χ3v) is 4.97. The molecular formula is C14H19NS. The molecule has 86 valence electrons. The lowest BCUT2D eigenvalue weighted by Crippen LogP contribution is -2.24. The van der Waals surface area contributed by atoms with Crippen molar-refractivity contribution in [3.05, 3.63) is 35.4 Å². The van der Waals surface area contributed by atoms with Crippen LogP contribution in [0.2, 0.25) is 0 Å². The molecule has 1 heterocycles. The van der Waals surface area contributed by atoms with Gasteiger partial charge in [0.05, 0.1) is 5.37 Å². The van der Waals surface area contributed by atoms with E-state index in [1.54, 1.807) is 5.56 Å². The van der Waals surface area contributed by atoms with Crippen LogP contribution in [-0.2, 0) is 0 Å². The maximum Gasteiger partial charge on any atom is 0.0792 e. The van der Waals surface area contributed by atoms with Crippen molar-refractivity contribution < 1.29 is 0 Å². The summed E-state index contributed by atoms with van der Waals surface area (Å²) < 4.78 is 0. The zero-order chi connectivity index (χ0) is 11.0. The van der Waals surface area contributed by atoms with Gasteiger partial charge in [-0.2, -0.15) is 0 Å². The van der Waals surface area contributed by atoms with Crippen LogP contribution in [0.25, 0.3) is 0 Å². The molecule has 2 unspecified atom stereocenters. The second kappa shape index (κ2) is 4.42. The summed E-state index contributed by atoms with van der Waals surface area (Å²) in [6.45, 7) is 2.26. The third-order valence-electron chi connectivity index (χ3n) is 3.63. The minimum Gasteiger partial charge on any atom is -0.298 e. The lowest BCUT2D eigenvalue weighted by Gasteiger charge is -2.12. The molecule has 1 saturated carbocycles. The summed E-state index contributed by atoms with van der Waals surface area (Å²) in [5, 5.41) is 4.21. The second-order valence-electron chi connectivity index (χ2n) is 4.93. The van der Waals surface area contributed by atoms with E-state index in [9.17, 15) is 0 Å². The fourth-order valence-electron chi connectivity index (χ4n) is 2.31. The Bertz CT molecular complexity index is 356. The van der Waals surface area contributed by atoms with E-state index in [2.05, 4.69) is 36.5 Å². The molecule has 0 radical (unpaired) electrons. The van der Waals surface area contributed by atoms with Crippen LogP contribution in [0, 0.1) is 0 Å². The quantitative estimate of drug-likeness (QED) is 0.854. The molecule has 1 aliphatic heterocycles. The summed E-state index contributed by atoms with van der Waals surface area (Å²) in [6, 6.07) is 9.99. The van der Waals surface area contributed by atoms with Crippen LogP contribution >= 0.6 is 11.8 Å². The normalized spacial score (nSPS) is 29.6. The lowest BCUT2D eigenvalue weighted by atomic mass is 10.1. The third kappa shape index (κ3) is 2.14. The summed E-state index contributed by atoms with van der Waals surface area (Å²) >= 11 is 2.05. The Kier molecular flexibility index (Phi) is 2.95.